The summed E-state index contributed by atoms with van der Waals surface area (Å²) in [4.78, 5) is 8.63. The van der Waals surface area contributed by atoms with Crippen LogP contribution in [0.25, 0.3) is 0 Å². The van der Waals surface area contributed by atoms with Crippen LogP contribution < -0.4 is 5.32 Å². The number of benzene rings is 1. The number of nitrogens with one attached hydrogen (secondary N) is 1. The number of likely N-dealkylation sites (N-methyl/N-ethyl adjacent to an activating group) is 1. The lowest BCUT2D eigenvalue weighted by atomic mass is 10.0. The van der Waals surface area contributed by atoms with E-state index in [1.807, 2.05) is 20.2 Å². The second-order valence-electron chi connectivity index (χ2n) is 7.56. The fourth-order valence-corrected chi connectivity index (χ4v) is 3.59. The Balaban J connectivity index is 1.80. The van der Waals surface area contributed by atoms with Crippen LogP contribution in [0.15, 0.2) is 35.6 Å². The number of nitrogens with zero attached hydrogens (tertiary/aromatic N) is 5. The molecule has 2 unspecified atom stereocenters. The number of hydrogen-bond donors (Lipinski definition) is 1. The molecule has 0 saturated carbocycles. The van der Waals surface area contributed by atoms with Gasteiger partial charge in [-0.2, -0.15) is 5.10 Å². The van der Waals surface area contributed by atoms with Crippen molar-refractivity contribution in [3.8, 4) is 0 Å². The van der Waals surface area contributed by atoms with Crippen molar-refractivity contribution in [2.75, 3.05) is 46.9 Å². The number of hydrogen-bond acceptors (Lipinski definition) is 4. The normalized spacial score (nSPS) is 18.7. The molecule has 3 rings (SSSR count). The highest BCUT2D eigenvalue weighted by Crippen LogP contribution is 2.25. The molecule has 2 heterocycles. The number of rotatable bonds is 6. The zero-order valence-electron chi connectivity index (χ0n) is 18.0. The van der Waals surface area contributed by atoms with Gasteiger partial charge in [0.15, 0.2) is 5.96 Å². The molecule has 0 aliphatic carbocycles. The van der Waals surface area contributed by atoms with E-state index in [1.165, 1.54) is 18.2 Å². The van der Waals surface area contributed by atoms with Crippen molar-refractivity contribution in [1.29, 1.82) is 0 Å². The molecule has 1 fully saturated rings. The minimum atomic E-state index is -0.558. The predicted molar refractivity (Wildman–Crippen MR) is 112 cm³/mol. The lowest BCUT2D eigenvalue weighted by Gasteiger charge is -2.35. The van der Waals surface area contributed by atoms with Crippen LogP contribution >= 0.6 is 0 Å². The second-order valence-corrected chi connectivity index (χ2v) is 7.56. The quantitative estimate of drug-likeness (QED) is 0.574. The first-order valence-electron chi connectivity index (χ1n) is 10.1. The minimum Gasteiger partial charge on any atom is -0.370 e. The predicted octanol–water partition coefficient (Wildman–Crippen LogP) is 2.34. The van der Waals surface area contributed by atoms with Gasteiger partial charge in [-0.3, -0.25) is 9.67 Å². The van der Waals surface area contributed by atoms with Crippen molar-refractivity contribution in [3.05, 3.63) is 53.4 Å². The molecule has 2 atom stereocenters. The molecule has 1 aromatic heterocycles. The first kappa shape index (κ1) is 22.2. The van der Waals surface area contributed by atoms with Crippen molar-refractivity contribution in [2.45, 2.75) is 19.1 Å². The van der Waals surface area contributed by atoms with Crippen LogP contribution in [0, 0.1) is 11.6 Å². The topological polar surface area (TPSA) is 57.9 Å². The van der Waals surface area contributed by atoms with Crippen LogP contribution in [-0.4, -0.2) is 72.4 Å². The van der Waals surface area contributed by atoms with Crippen LogP contribution in [0.2, 0.25) is 0 Å². The number of morpholine rings is 1. The van der Waals surface area contributed by atoms with E-state index < -0.39 is 17.7 Å². The maximum absolute atomic E-state index is 14.4. The van der Waals surface area contributed by atoms with Crippen molar-refractivity contribution < 1.29 is 13.5 Å². The highest BCUT2D eigenvalue weighted by molar-refractivity contribution is 5.80. The summed E-state index contributed by atoms with van der Waals surface area (Å²) in [6, 6.07) is 3.42. The average Bonchev–Trinajstić information content (AvgIpc) is 3.15. The van der Waals surface area contributed by atoms with E-state index in [4.69, 9.17) is 9.73 Å². The van der Waals surface area contributed by atoms with Gasteiger partial charge >= 0.3 is 0 Å². The smallest absolute Gasteiger partial charge is 0.194 e. The monoisotopic (exact) mass is 420 g/mol. The molecule has 9 heteroatoms. The maximum atomic E-state index is 14.4. The van der Waals surface area contributed by atoms with Gasteiger partial charge in [-0.05, 0) is 33.2 Å². The van der Waals surface area contributed by atoms with Gasteiger partial charge in [-0.1, -0.05) is 6.07 Å². The molecule has 0 amide bonds. The van der Waals surface area contributed by atoms with Gasteiger partial charge in [0, 0.05) is 37.5 Å². The Bertz CT molecular complexity index is 849. The third-order valence-corrected chi connectivity index (χ3v) is 5.17. The largest absolute Gasteiger partial charge is 0.370 e. The average molecular weight is 421 g/mol. The first-order valence-corrected chi connectivity index (χ1v) is 10.1. The summed E-state index contributed by atoms with van der Waals surface area (Å²) in [6.45, 7) is 4.77. The number of aryl methyl sites for hydroxylation is 1. The van der Waals surface area contributed by atoms with E-state index in [0.717, 1.165) is 5.56 Å². The summed E-state index contributed by atoms with van der Waals surface area (Å²) in [7, 11) is 5.47. The Morgan fingerprint density at radius 1 is 1.37 bits per heavy atom. The van der Waals surface area contributed by atoms with E-state index in [-0.39, 0.29) is 18.2 Å². The molecule has 1 N–H and O–H groups in total. The van der Waals surface area contributed by atoms with Crippen LogP contribution in [0.5, 0.6) is 0 Å². The summed E-state index contributed by atoms with van der Waals surface area (Å²) < 4.78 is 36.4. The van der Waals surface area contributed by atoms with Crippen LogP contribution in [0.4, 0.5) is 8.78 Å². The molecule has 2 aromatic rings. The molecule has 0 radical (unpaired) electrons. The van der Waals surface area contributed by atoms with E-state index in [2.05, 4.69) is 15.3 Å². The van der Waals surface area contributed by atoms with Crippen molar-refractivity contribution >= 4 is 5.96 Å². The van der Waals surface area contributed by atoms with Crippen LogP contribution in [0.1, 0.15) is 30.2 Å². The Morgan fingerprint density at radius 3 is 2.70 bits per heavy atom. The number of guanidine groups is 1. The number of halogens is 2. The summed E-state index contributed by atoms with van der Waals surface area (Å²) in [5, 5.41) is 7.52. The summed E-state index contributed by atoms with van der Waals surface area (Å²) in [5.74, 6) is -0.410. The van der Waals surface area contributed by atoms with Crippen LogP contribution in [0.3, 0.4) is 0 Å². The Morgan fingerprint density at radius 2 is 2.10 bits per heavy atom. The Kier molecular flexibility index (Phi) is 7.38. The Hall–Kier alpha value is -2.52. The standard InChI is InChI=1S/C21H30F2N6O/c1-5-24-21(29-9-10-30-19(14-29)15-11-26-28(4)13-15)25-12-18(27(2)3)20-16(22)7-6-8-17(20)23/h6-8,11,13,18-19H,5,9-10,12,14H2,1-4H3,(H,24,25). The van der Waals surface area contributed by atoms with E-state index in [1.54, 1.807) is 29.9 Å². The molecule has 7 nitrogen and oxygen atoms in total. The van der Waals surface area contributed by atoms with Gasteiger partial charge in [0.25, 0.3) is 0 Å². The molecule has 0 spiro atoms. The Labute approximate surface area is 176 Å². The highest BCUT2D eigenvalue weighted by Gasteiger charge is 2.26. The first-order chi connectivity index (χ1) is 14.4. The highest BCUT2D eigenvalue weighted by atomic mass is 19.1. The lowest BCUT2D eigenvalue weighted by molar-refractivity contribution is -0.00807. The molecule has 1 aliphatic heterocycles. The maximum Gasteiger partial charge on any atom is 0.194 e. The van der Waals surface area contributed by atoms with Crippen molar-refractivity contribution in [3.63, 3.8) is 0 Å². The number of aliphatic imine (C=N–C) groups is 1. The van der Waals surface area contributed by atoms with Gasteiger partial charge in [-0.25, -0.2) is 8.78 Å². The van der Waals surface area contributed by atoms with Crippen LogP contribution in [-0.2, 0) is 11.8 Å². The number of ether oxygens (including phenoxy) is 1. The molecule has 164 valence electrons. The summed E-state index contributed by atoms with van der Waals surface area (Å²) in [6.07, 6.45) is 3.65. The molecule has 1 aromatic carbocycles. The molecule has 1 aliphatic rings. The van der Waals surface area contributed by atoms with E-state index in [0.29, 0.717) is 32.2 Å². The van der Waals surface area contributed by atoms with Gasteiger partial charge in [0.1, 0.15) is 17.7 Å². The summed E-state index contributed by atoms with van der Waals surface area (Å²) >= 11 is 0. The number of aromatic nitrogens is 2. The zero-order chi connectivity index (χ0) is 21.7. The third-order valence-electron chi connectivity index (χ3n) is 5.17. The fraction of sp³-hybridized carbons (Fsp3) is 0.524. The molecular formula is C21H30F2N6O. The van der Waals surface area contributed by atoms with Gasteiger partial charge in [0.05, 0.1) is 31.9 Å². The molecule has 0 bridgehead atoms. The third kappa shape index (κ3) is 5.14. The molecule has 1 saturated heterocycles. The second kappa shape index (κ2) is 9.99. The van der Waals surface area contributed by atoms with Crippen molar-refractivity contribution in [2.24, 2.45) is 12.0 Å². The van der Waals surface area contributed by atoms with E-state index >= 15 is 0 Å². The summed E-state index contributed by atoms with van der Waals surface area (Å²) in [5.41, 5.74) is 1.05. The fourth-order valence-electron chi connectivity index (χ4n) is 3.59. The lowest BCUT2D eigenvalue weighted by Crippen LogP contribution is -2.48. The zero-order valence-corrected chi connectivity index (χ0v) is 18.0. The molecular weight excluding hydrogens is 390 g/mol. The van der Waals surface area contributed by atoms with Gasteiger partial charge in [0.2, 0.25) is 0 Å². The van der Waals surface area contributed by atoms with Gasteiger partial charge in [-0.15, -0.1) is 0 Å². The van der Waals surface area contributed by atoms with Gasteiger partial charge < -0.3 is 19.9 Å². The van der Waals surface area contributed by atoms with Crippen molar-refractivity contribution in [1.82, 2.24) is 24.9 Å². The van der Waals surface area contributed by atoms with E-state index in [9.17, 15) is 8.78 Å². The molecule has 30 heavy (non-hydrogen) atoms. The minimum absolute atomic E-state index is 0.0392. The SMILES string of the molecule is CCNC(=NCC(c1c(F)cccc1F)N(C)C)N1CCOC(c2cnn(C)c2)C1.